The zero-order chi connectivity index (χ0) is 18.8. The summed E-state index contributed by atoms with van der Waals surface area (Å²) in [6.45, 7) is 3.92. The molecule has 5 unspecified atom stereocenters. The fraction of sp³-hybridized carbons (Fsp3) is 0.875. The number of rotatable bonds is 11. The van der Waals surface area contributed by atoms with E-state index in [4.69, 9.17) is 14.2 Å². The smallest absolute Gasteiger partial charge is 0.186 e. The van der Waals surface area contributed by atoms with Crippen molar-refractivity contribution in [2.45, 2.75) is 63.1 Å². The van der Waals surface area contributed by atoms with E-state index in [0.29, 0.717) is 6.61 Å². The summed E-state index contributed by atoms with van der Waals surface area (Å²) in [6.07, 6.45) is -3.35. The third-order valence-electron chi connectivity index (χ3n) is 3.92. The molecule has 0 amide bonds. The van der Waals surface area contributed by atoms with Crippen LogP contribution >= 0.6 is 0 Å². The summed E-state index contributed by atoms with van der Waals surface area (Å²) in [5, 5.41) is 51.9. The Morgan fingerprint density at radius 1 is 1.16 bits per heavy atom. The quantitative estimate of drug-likeness (QED) is 0.140. The van der Waals surface area contributed by atoms with E-state index in [9.17, 15) is 25.5 Å². The Bertz CT molecular complexity index is 381. The SMILES string of the molecule is CC/C=C/C(O)C(CO[C@H]1OC(CO)[C@H](O)C(O)C1O)NCOCC. The molecule has 25 heavy (non-hydrogen) atoms. The van der Waals surface area contributed by atoms with E-state index >= 15 is 0 Å². The Kier molecular flexibility index (Phi) is 10.7. The van der Waals surface area contributed by atoms with Gasteiger partial charge in [0, 0.05) is 6.61 Å². The van der Waals surface area contributed by atoms with Crippen LogP contribution in [0.15, 0.2) is 12.2 Å². The van der Waals surface area contributed by atoms with Gasteiger partial charge in [-0.3, -0.25) is 5.32 Å². The predicted octanol–water partition coefficient (Wildman–Crippen LogP) is -1.92. The Balaban J connectivity index is 2.64. The molecule has 0 saturated carbocycles. The predicted molar refractivity (Wildman–Crippen MR) is 88.6 cm³/mol. The molecule has 9 heteroatoms. The van der Waals surface area contributed by atoms with E-state index in [-0.39, 0.29) is 13.3 Å². The van der Waals surface area contributed by atoms with Crippen LogP contribution in [0, 0.1) is 0 Å². The fourth-order valence-electron chi connectivity index (χ4n) is 2.36. The van der Waals surface area contributed by atoms with E-state index in [1.165, 1.54) is 0 Å². The molecule has 1 saturated heterocycles. The van der Waals surface area contributed by atoms with Crippen LogP contribution in [0.5, 0.6) is 0 Å². The average Bonchev–Trinajstić information content (AvgIpc) is 2.62. The largest absolute Gasteiger partial charge is 0.394 e. The van der Waals surface area contributed by atoms with Crippen LogP contribution in [0.25, 0.3) is 0 Å². The van der Waals surface area contributed by atoms with Gasteiger partial charge in [0.2, 0.25) is 0 Å². The van der Waals surface area contributed by atoms with Crippen molar-refractivity contribution in [1.82, 2.24) is 5.32 Å². The Labute approximate surface area is 147 Å². The van der Waals surface area contributed by atoms with Crippen molar-refractivity contribution in [2.75, 3.05) is 26.6 Å². The van der Waals surface area contributed by atoms with Crippen molar-refractivity contribution in [1.29, 1.82) is 0 Å². The molecule has 7 atom stereocenters. The first-order valence-corrected chi connectivity index (χ1v) is 8.54. The topological polar surface area (TPSA) is 141 Å². The molecule has 0 bridgehead atoms. The van der Waals surface area contributed by atoms with Gasteiger partial charge in [-0.2, -0.15) is 0 Å². The van der Waals surface area contributed by atoms with Gasteiger partial charge in [0.05, 0.1) is 32.1 Å². The summed E-state index contributed by atoms with van der Waals surface area (Å²) >= 11 is 0. The number of ether oxygens (including phenoxy) is 3. The normalized spacial score (nSPS) is 32.8. The molecule has 1 aliphatic rings. The number of allylic oxidation sites excluding steroid dienone is 1. The van der Waals surface area contributed by atoms with Crippen LogP contribution in [0.1, 0.15) is 20.3 Å². The first-order chi connectivity index (χ1) is 12.0. The first kappa shape index (κ1) is 22.4. The molecule has 0 radical (unpaired) electrons. The maximum absolute atomic E-state index is 10.2. The molecule has 0 aromatic rings. The summed E-state index contributed by atoms with van der Waals surface area (Å²) in [6, 6.07) is -0.540. The minimum absolute atomic E-state index is 0.0506. The zero-order valence-electron chi connectivity index (χ0n) is 14.7. The third kappa shape index (κ3) is 6.89. The highest BCUT2D eigenvalue weighted by molar-refractivity contribution is 4.95. The lowest BCUT2D eigenvalue weighted by molar-refractivity contribution is -0.302. The van der Waals surface area contributed by atoms with Crippen LogP contribution in [-0.4, -0.2) is 94.9 Å². The summed E-state index contributed by atoms with van der Waals surface area (Å²) in [5.74, 6) is 0. The average molecular weight is 365 g/mol. The van der Waals surface area contributed by atoms with Gasteiger partial charge in [-0.1, -0.05) is 19.1 Å². The number of aliphatic hydroxyl groups is 5. The Morgan fingerprint density at radius 3 is 2.48 bits per heavy atom. The number of nitrogens with one attached hydrogen (secondary N) is 1. The molecular formula is C16H31NO8. The second-order valence-electron chi connectivity index (χ2n) is 5.81. The van der Waals surface area contributed by atoms with Crippen LogP contribution in [0.4, 0.5) is 0 Å². The minimum atomic E-state index is -1.50. The van der Waals surface area contributed by atoms with E-state index in [1.54, 1.807) is 6.08 Å². The lowest BCUT2D eigenvalue weighted by Gasteiger charge is -2.40. The van der Waals surface area contributed by atoms with Crippen molar-refractivity contribution in [3.8, 4) is 0 Å². The molecule has 0 spiro atoms. The lowest BCUT2D eigenvalue weighted by Crippen LogP contribution is -2.59. The maximum Gasteiger partial charge on any atom is 0.186 e. The highest BCUT2D eigenvalue weighted by atomic mass is 16.7. The van der Waals surface area contributed by atoms with Crippen molar-refractivity contribution >= 4 is 0 Å². The van der Waals surface area contributed by atoms with Crippen LogP contribution in [0.2, 0.25) is 0 Å². The van der Waals surface area contributed by atoms with Crippen molar-refractivity contribution < 1.29 is 39.7 Å². The van der Waals surface area contributed by atoms with E-state index in [0.717, 1.165) is 6.42 Å². The molecule has 1 heterocycles. The molecule has 148 valence electrons. The second-order valence-corrected chi connectivity index (χ2v) is 5.81. The molecule has 1 rings (SSSR count). The van der Waals surface area contributed by atoms with Gasteiger partial charge < -0.3 is 39.7 Å². The summed E-state index contributed by atoms with van der Waals surface area (Å²) in [7, 11) is 0. The second kappa shape index (κ2) is 11.9. The molecular weight excluding hydrogens is 334 g/mol. The maximum atomic E-state index is 10.2. The van der Waals surface area contributed by atoms with Crippen molar-refractivity contribution in [2.24, 2.45) is 0 Å². The summed E-state index contributed by atoms with van der Waals surface area (Å²) < 4.78 is 16.0. The zero-order valence-corrected chi connectivity index (χ0v) is 14.7. The molecule has 9 nitrogen and oxygen atoms in total. The van der Waals surface area contributed by atoms with Crippen LogP contribution in [-0.2, 0) is 14.2 Å². The number of aliphatic hydroxyl groups excluding tert-OH is 5. The summed E-state index contributed by atoms with van der Waals surface area (Å²) in [5.41, 5.74) is 0. The molecule has 0 aromatic heterocycles. The number of hydrogen-bond donors (Lipinski definition) is 6. The first-order valence-electron chi connectivity index (χ1n) is 8.54. The summed E-state index contributed by atoms with van der Waals surface area (Å²) in [4.78, 5) is 0. The van der Waals surface area contributed by atoms with E-state index in [1.807, 2.05) is 19.9 Å². The Morgan fingerprint density at radius 2 is 1.88 bits per heavy atom. The Hall–Kier alpha value is -0.620. The van der Waals surface area contributed by atoms with E-state index < -0.39 is 49.5 Å². The van der Waals surface area contributed by atoms with Crippen molar-refractivity contribution in [3.63, 3.8) is 0 Å². The van der Waals surface area contributed by atoms with Crippen LogP contribution in [0.3, 0.4) is 0 Å². The lowest BCUT2D eigenvalue weighted by atomic mass is 9.99. The molecule has 0 aromatic carbocycles. The van der Waals surface area contributed by atoms with Gasteiger partial charge in [0.15, 0.2) is 6.29 Å². The van der Waals surface area contributed by atoms with Gasteiger partial charge >= 0.3 is 0 Å². The molecule has 1 aliphatic heterocycles. The fourth-order valence-corrected chi connectivity index (χ4v) is 2.36. The highest BCUT2D eigenvalue weighted by Gasteiger charge is 2.44. The third-order valence-corrected chi connectivity index (χ3v) is 3.92. The number of hydrogen-bond acceptors (Lipinski definition) is 9. The van der Waals surface area contributed by atoms with Crippen LogP contribution < -0.4 is 5.32 Å². The molecule has 6 N–H and O–H groups in total. The highest BCUT2D eigenvalue weighted by Crippen LogP contribution is 2.22. The monoisotopic (exact) mass is 365 g/mol. The molecule has 0 aliphatic carbocycles. The van der Waals surface area contributed by atoms with Gasteiger partial charge in [0.1, 0.15) is 24.4 Å². The molecule has 1 fully saturated rings. The van der Waals surface area contributed by atoms with Crippen molar-refractivity contribution in [3.05, 3.63) is 12.2 Å². The standard InChI is InChI=1S/C16H31NO8/c1-3-5-6-11(19)10(17-9-23-4-2)8-24-16-15(22)14(21)13(20)12(7-18)25-16/h5-6,10-22H,3-4,7-9H2,1-2H3/b6-5+/t10?,11?,12?,13-,14?,15?,16-/m0/s1. The van der Waals surface area contributed by atoms with Gasteiger partial charge in [0.25, 0.3) is 0 Å². The van der Waals surface area contributed by atoms with E-state index in [2.05, 4.69) is 5.32 Å². The minimum Gasteiger partial charge on any atom is -0.394 e. The van der Waals surface area contributed by atoms with Gasteiger partial charge in [-0.15, -0.1) is 0 Å². The van der Waals surface area contributed by atoms with Gasteiger partial charge in [-0.05, 0) is 13.3 Å². The van der Waals surface area contributed by atoms with Gasteiger partial charge in [-0.25, -0.2) is 0 Å².